The Morgan fingerprint density at radius 1 is 0.537 bits per heavy atom. The van der Waals surface area contributed by atoms with Gasteiger partial charge in [-0.2, -0.15) is 8.42 Å². The number of hydrogen-bond acceptors (Lipinski definition) is 31. The lowest BCUT2D eigenvalue weighted by atomic mass is 9.47. The van der Waals surface area contributed by atoms with Gasteiger partial charge in [0.2, 0.25) is 0 Å². The smallest absolute Gasteiger partial charge is 0.394 e. The van der Waals surface area contributed by atoms with Crippen molar-refractivity contribution >= 4 is 16.2 Å². The molecule has 10 aliphatic rings. The summed E-state index contributed by atoms with van der Waals surface area (Å²) in [7, 11) is -4.88. The van der Waals surface area contributed by atoms with E-state index in [-0.39, 0.29) is 53.6 Å². The minimum Gasteiger partial charge on any atom is -0.394 e. The summed E-state index contributed by atoms with van der Waals surface area (Å²) in [5, 5.41) is 166. The fourth-order valence-electron chi connectivity index (χ4n) is 17.2. The van der Waals surface area contributed by atoms with Gasteiger partial charge in [0.1, 0.15) is 128 Å². The Bertz CT molecular complexity index is 2700. The van der Waals surface area contributed by atoms with Gasteiger partial charge in [-0.1, -0.05) is 46.3 Å². The second-order valence-corrected chi connectivity index (χ2v) is 30.2. The molecule has 9 fully saturated rings. The van der Waals surface area contributed by atoms with Crippen molar-refractivity contribution in [2.45, 2.75) is 304 Å². The highest BCUT2D eigenvalue weighted by atomic mass is 32.3. The molecular formula is C62H102O32S. The highest BCUT2D eigenvalue weighted by Gasteiger charge is 2.63. The predicted molar refractivity (Wildman–Crippen MR) is 317 cm³/mol. The topological polar surface area (TPSA) is 495 Å². The van der Waals surface area contributed by atoms with E-state index in [1.54, 1.807) is 0 Å². The Labute approximate surface area is 551 Å². The second-order valence-electron chi connectivity index (χ2n) is 29.2. The molecule has 38 atom stereocenters. The van der Waals surface area contributed by atoms with E-state index in [1.165, 1.54) is 26.3 Å². The van der Waals surface area contributed by atoms with Gasteiger partial charge in [0.15, 0.2) is 37.7 Å². The SMILES string of the molecule is CC(C)CC(=O)C[C@@H](C)[C@H]1CC[C@H]2[C@@H]3C[C@H](O[C@@H]4O[C@H](C)[C@@H](O)[C@H](O[C@@H]5OC[C@@H](O[C@@H]6O[C@H](CO)[C@H](O)[C@H](O)[C@H]6O[C@@H]6O[C@H](C)[C@H](O[C@@H]7O[C@H](CO)[C@H](O)[C@H](O)[C@H]7O)[C@H](O)[C@H]6O)[C@H](O)[C@H]5O[C@@H]5O[C@H](C)[C@@H](O)[C@H](O)[C@H]5O)[C@H]4O)[C@H]4C[C@@H](OS(=O)(=O)O)CC[C@]4(C)C3=CC[C@]12C. The van der Waals surface area contributed by atoms with Crippen LogP contribution in [0.4, 0.5) is 0 Å². The Morgan fingerprint density at radius 3 is 1.67 bits per heavy atom. The quantitative estimate of drug-likeness (QED) is 0.0385. The molecule has 32 nitrogen and oxygen atoms in total. The average Bonchev–Trinajstić information content (AvgIpc) is 1.70. The molecule has 548 valence electrons. The monoisotopic (exact) mass is 1390 g/mol. The molecule has 0 aromatic rings. The highest BCUT2D eigenvalue weighted by molar-refractivity contribution is 7.80. The van der Waals surface area contributed by atoms with Crippen LogP contribution in [0.2, 0.25) is 0 Å². The molecule has 16 N–H and O–H groups in total. The van der Waals surface area contributed by atoms with Gasteiger partial charge in [0.25, 0.3) is 0 Å². The first-order valence-electron chi connectivity index (χ1n) is 33.4. The molecule has 3 saturated carbocycles. The number of carbonyl (C=O) groups excluding carboxylic acids is 1. The number of aliphatic hydroxyl groups excluding tert-OH is 15. The molecule has 0 amide bonds. The fraction of sp³-hybridized carbons (Fsp3) is 0.952. The fourth-order valence-corrected chi connectivity index (χ4v) is 17.7. The van der Waals surface area contributed by atoms with E-state index in [9.17, 15) is 94.4 Å². The number of rotatable bonds is 21. The van der Waals surface area contributed by atoms with Crippen LogP contribution in [0.15, 0.2) is 11.6 Å². The number of aliphatic hydroxyl groups is 15. The zero-order valence-electron chi connectivity index (χ0n) is 54.5. The number of Topliss-reactive ketones (excluding diaryl/α,β-unsaturated/α-hetero) is 1. The molecule has 0 unspecified atom stereocenters. The van der Waals surface area contributed by atoms with Gasteiger partial charge >= 0.3 is 10.4 Å². The van der Waals surface area contributed by atoms with Gasteiger partial charge in [-0.05, 0) is 112 Å². The molecule has 6 heterocycles. The van der Waals surface area contributed by atoms with Gasteiger partial charge in [0.05, 0.1) is 50.3 Å². The van der Waals surface area contributed by atoms with Crippen LogP contribution in [-0.2, 0) is 76.2 Å². The Kier molecular flexibility index (Phi) is 24.2. The summed E-state index contributed by atoms with van der Waals surface area (Å²) in [6.07, 6.45) is -45.9. The zero-order chi connectivity index (χ0) is 69.4. The van der Waals surface area contributed by atoms with Gasteiger partial charge in [-0.25, -0.2) is 4.18 Å². The number of allylic oxidation sites excluding steroid dienone is 2. The summed E-state index contributed by atoms with van der Waals surface area (Å²) < 4.78 is 113. The zero-order valence-corrected chi connectivity index (χ0v) is 55.3. The first-order chi connectivity index (χ1) is 44.6. The van der Waals surface area contributed by atoms with Crippen molar-refractivity contribution in [2.24, 2.45) is 46.3 Å². The van der Waals surface area contributed by atoms with E-state index in [2.05, 4.69) is 26.8 Å². The average molecular weight is 1390 g/mol. The van der Waals surface area contributed by atoms with Crippen molar-refractivity contribution in [1.82, 2.24) is 0 Å². The maximum Gasteiger partial charge on any atom is 0.397 e. The van der Waals surface area contributed by atoms with Crippen molar-refractivity contribution in [2.75, 3.05) is 19.8 Å². The van der Waals surface area contributed by atoms with Crippen molar-refractivity contribution in [3.05, 3.63) is 11.6 Å². The number of ketones is 1. The van der Waals surface area contributed by atoms with Crippen molar-refractivity contribution in [3.63, 3.8) is 0 Å². The lowest BCUT2D eigenvalue weighted by Crippen LogP contribution is -2.67. The van der Waals surface area contributed by atoms with E-state index in [4.69, 9.17) is 61.0 Å². The molecule has 0 aromatic carbocycles. The summed E-state index contributed by atoms with van der Waals surface area (Å²) in [4.78, 5) is 13.2. The largest absolute Gasteiger partial charge is 0.397 e. The predicted octanol–water partition coefficient (Wildman–Crippen LogP) is -3.97. The summed E-state index contributed by atoms with van der Waals surface area (Å²) in [5.74, 6) is 0.433. The minimum absolute atomic E-state index is 0.0560. The molecule has 0 spiro atoms. The molecule has 0 aromatic heterocycles. The van der Waals surface area contributed by atoms with E-state index < -0.39 is 232 Å². The molecule has 4 aliphatic carbocycles. The van der Waals surface area contributed by atoms with Gasteiger partial charge in [-0.15, -0.1) is 0 Å². The number of carbonyl (C=O) groups is 1. The maximum absolute atomic E-state index is 13.2. The lowest BCUT2D eigenvalue weighted by Gasteiger charge is -2.59. The molecule has 0 bridgehead atoms. The van der Waals surface area contributed by atoms with Gasteiger partial charge in [-0.3, -0.25) is 9.35 Å². The molecular weight excluding hydrogens is 1290 g/mol. The van der Waals surface area contributed by atoms with Gasteiger partial charge < -0.3 is 133 Å². The van der Waals surface area contributed by atoms with E-state index in [0.717, 1.165) is 19.3 Å². The number of fused-ring (bicyclic) bond motifs is 5. The van der Waals surface area contributed by atoms with Crippen LogP contribution in [0, 0.1) is 46.3 Å². The van der Waals surface area contributed by atoms with E-state index in [0.29, 0.717) is 25.7 Å². The first-order valence-corrected chi connectivity index (χ1v) is 34.7. The molecule has 95 heavy (non-hydrogen) atoms. The third kappa shape index (κ3) is 15.3. The van der Waals surface area contributed by atoms with Crippen molar-refractivity contribution in [1.29, 1.82) is 0 Å². The number of ether oxygens (including phenoxy) is 12. The Hall–Kier alpha value is -1.80. The van der Waals surface area contributed by atoms with Crippen molar-refractivity contribution < 1.29 is 155 Å². The van der Waals surface area contributed by atoms with Gasteiger partial charge in [0, 0.05) is 12.8 Å². The van der Waals surface area contributed by atoms with Crippen LogP contribution in [0.3, 0.4) is 0 Å². The summed E-state index contributed by atoms with van der Waals surface area (Å²) in [6, 6.07) is 0. The van der Waals surface area contributed by atoms with Crippen LogP contribution in [0.5, 0.6) is 0 Å². The molecule has 0 radical (unpaired) electrons. The summed E-state index contributed by atoms with van der Waals surface area (Å²) in [6.45, 7) is 12.4. The maximum atomic E-state index is 13.2. The van der Waals surface area contributed by atoms with Crippen LogP contribution >= 0.6 is 0 Å². The summed E-state index contributed by atoms with van der Waals surface area (Å²) in [5.41, 5.74) is 0.414. The Morgan fingerprint density at radius 2 is 1.05 bits per heavy atom. The molecule has 10 rings (SSSR count). The van der Waals surface area contributed by atoms with E-state index in [1.807, 2.05) is 13.8 Å². The van der Waals surface area contributed by atoms with Crippen LogP contribution < -0.4 is 0 Å². The van der Waals surface area contributed by atoms with Crippen LogP contribution in [-0.4, -0.2) is 306 Å². The molecule has 33 heteroatoms. The third-order valence-corrected chi connectivity index (χ3v) is 22.9. The third-order valence-electron chi connectivity index (χ3n) is 22.4. The summed E-state index contributed by atoms with van der Waals surface area (Å²) >= 11 is 0. The Balaban J connectivity index is 0.888. The molecule has 6 saturated heterocycles. The first kappa shape index (κ1) is 75.9. The highest BCUT2D eigenvalue weighted by Crippen LogP contribution is 2.67. The minimum atomic E-state index is -4.88. The second kappa shape index (κ2) is 30.3. The van der Waals surface area contributed by atoms with Crippen LogP contribution in [0.25, 0.3) is 0 Å². The van der Waals surface area contributed by atoms with E-state index >= 15 is 0 Å². The normalized spacial score (nSPS) is 51.7. The standard InChI is InChI=1S/C62H102O32S/c1-22(2)15-27(65)16-23(3)30-9-10-31-29-18-34(33-17-28(94-95(79,80)81)11-13-62(33,8)32(29)12-14-61(30,31)7)86-58-50(78)52(39(67)25(5)84-58)91-59-53(92-55-47(75)43(71)38(66)24(4)83-55)42(70)37(21-82-59)89-60-54(45(73)41(69)36(20-64)88-60)93-56-49(77)46(74)51(26(6)85-56)90-57-48(76)44(72)40(68)35(19-63)87-57/h12,22-26,28-31,33-60,63-64,66-78H,9-11,13-21H2,1-8H3,(H,79,80,81)/t23-,24-,25-,26-,28+,29+,30-,31+,33-,34+,35-,36-,37-,38-,39-,40+,41+,42+,43+,44+,45+,46-,47-,48-,49-,50-,51+,52+,53-,54-,55+,56+,57+,58+,59+,60+,61-,62-/m1/s1. The number of hydrogen-bond donors (Lipinski definition) is 16. The lowest BCUT2D eigenvalue weighted by molar-refractivity contribution is -0.402. The van der Waals surface area contributed by atoms with Crippen molar-refractivity contribution in [3.8, 4) is 0 Å². The van der Waals surface area contributed by atoms with Crippen LogP contribution in [0.1, 0.15) is 113 Å². The molecule has 6 aliphatic heterocycles.